The maximum atomic E-state index is 11.7. The van der Waals surface area contributed by atoms with Crippen LogP contribution in [0.1, 0.15) is 12.5 Å². The molecule has 0 aliphatic rings. The van der Waals surface area contributed by atoms with Gasteiger partial charge in [0, 0.05) is 21.8 Å². The molecule has 3 nitrogen and oxygen atoms in total. The quantitative estimate of drug-likeness (QED) is 0.780. The van der Waals surface area contributed by atoms with E-state index in [2.05, 4.69) is 21.2 Å². The third-order valence-corrected chi connectivity index (χ3v) is 4.34. The molecule has 19 heavy (non-hydrogen) atoms. The number of carbonyl (C=O) groups is 1. The topological polar surface area (TPSA) is 49.3 Å². The van der Waals surface area contributed by atoms with Crippen molar-refractivity contribution in [2.24, 2.45) is 0 Å². The molecule has 1 amide bonds. The molecule has 0 spiro atoms. The maximum absolute atomic E-state index is 11.7. The van der Waals surface area contributed by atoms with Crippen LogP contribution in [0.4, 0.5) is 0 Å². The summed E-state index contributed by atoms with van der Waals surface area (Å²) in [4.78, 5) is 11.7. The lowest BCUT2D eigenvalue weighted by Gasteiger charge is -2.20. The number of carbonyl (C=O) groups excluding carboxylic acids is 1. The monoisotopic (exact) mass is 343 g/mol. The van der Waals surface area contributed by atoms with E-state index in [9.17, 15) is 4.79 Å². The van der Waals surface area contributed by atoms with E-state index in [0.29, 0.717) is 0 Å². The van der Waals surface area contributed by atoms with Crippen LogP contribution in [0, 0.1) is 0 Å². The van der Waals surface area contributed by atoms with Crippen molar-refractivity contribution in [2.45, 2.75) is 18.2 Å². The second-order valence-electron chi connectivity index (χ2n) is 4.14. The molecule has 2 unspecified atom stereocenters. The molecular weight excluding hydrogens is 326 g/mol. The number of benzene rings is 1. The van der Waals surface area contributed by atoms with Crippen LogP contribution < -0.4 is 5.32 Å². The Labute approximate surface area is 126 Å². The van der Waals surface area contributed by atoms with Gasteiger partial charge in [0.2, 0.25) is 5.91 Å². The molecule has 1 rings (SSSR count). The molecule has 2 N–H and O–H groups in total. The Morgan fingerprint density at radius 2 is 2.32 bits per heavy atom. The Kier molecular flexibility index (Phi) is 7.20. The molecule has 1 aromatic rings. The molecule has 5 heteroatoms. The fourth-order valence-corrected chi connectivity index (χ4v) is 2.63. The normalized spacial score (nSPS) is 14.3. The predicted molar refractivity (Wildman–Crippen MR) is 85.2 cm³/mol. The summed E-state index contributed by atoms with van der Waals surface area (Å²) >= 11 is 4.92. The fraction of sp³-hybridized carbons (Fsp3) is 0.357. The Hall–Kier alpha value is -0.780. The van der Waals surface area contributed by atoms with Crippen LogP contribution >= 0.6 is 27.7 Å². The van der Waals surface area contributed by atoms with Crippen LogP contribution in [0.2, 0.25) is 0 Å². The van der Waals surface area contributed by atoms with Gasteiger partial charge in [-0.15, -0.1) is 0 Å². The summed E-state index contributed by atoms with van der Waals surface area (Å²) < 4.78 is 0.978. The second kappa shape index (κ2) is 8.40. The number of aliphatic hydroxyl groups is 1. The Morgan fingerprint density at radius 3 is 2.89 bits per heavy atom. The van der Waals surface area contributed by atoms with Gasteiger partial charge in [-0.1, -0.05) is 28.1 Å². The van der Waals surface area contributed by atoms with Crippen molar-refractivity contribution in [2.75, 3.05) is 12.9 Å². The van der Waals surface area contributed by atoms with Crippen molar-refractivity contribution in [3.05, 3.63) is 40.4 Å². The molecule has 0 aliphatic carbocycles. The minimum absolute atomic E-state index is 0.0169. The lowest BCUT2D eigenvalue weighted by molar-refractivity contribution is -0.117. The zero-order valence-electron chi connectivity index (χ0n) is 11.0. The lowest BCUT2D eigenvalue weighted by Crippen LogP contribution is -2.40. The zero-order valence-corrected chi connectivity index (χ0v) is 13.4. The SMILES string of the molecule is CSC(CO)C(C)NC(=O)/C=C/c1cccc(Br)c1. The number of amides is 1. The summed E-state index contributed by atoms with van der Waals surface area (Å²) in [5.74, 6) is -0.153. The van der Waals surface area contributed by atoms with Crippen molar-refractivity contribution < 1.29 is 9.90 Å². The third-order valence-electron chi connectivity index (χ3n) is 2.69. The number of halogens is 1. The number of nitrogens with one attached hydrogen (secondary N) is 1. The molecular formula is C14H18BrNO2S. The van der Waals surface area contributed by atoms with Gasteiger partial charge in [0.1, 0.15) is 0 Å². The summed E-state index contributed by atoms with van der Waals surface area (Å²) in [6.45, 7) is 1.94. The smallest absolute Gasteiger partial charge is 0.244 e. The van der Waals surface area contributed by atoms with Gasteiger partial charge in [-0.05, 0) is 37.0 Å². The third kappa shape index (κ3) is 5.80. The van der Waals surface area contributed by atoms with E-state index in [-0.39, 0.29) is 23.8 Å². The minimum atomic E-state index is -0.153. The van der Waals surface area contributed by atoms with E-state index in [1.807, 2.05) is 37.4 Å². The highest BCUT2D eigenvalue weighted by atomic mass is 79.9. The lowest BCUT2D eigenvalue weighted by atomic mass is 10.2. The van der Waals surface area contributed by atoms with Crippen LogP contribution in [0.15, 0.2) is 34.8 Å². The van der Waals surface area contributed by atoms with Crippen LogP contribution in [0.25, 0.3) is 6.08 Å². The van der Waals surface area contributed by atoms with E-state index in [1.54, 1.807) is 17.8 Å². The number of rotatable bonds is 6. The van der Waals surface area contributed by atoms with Crippen LogP contribution in [-0.4, -0.2) is 35.2 Å². The van der Waals surface area contributed by atoms with E-state index in [0.717, 1.165) is 10.0 Å². The molecule has 0 saturated heterocycles. The Balaban J connectivity index is 2.55. The van der Waals surface area contributed by atoms with Gasteiger partial charge < -0.3 is 10.4 Å². The van der Waals surface area contributed by atoms with E-state index >= 15 is 0 Å². The first kappa shape index (κ1) is 16.3. The highest BCUT2D eigenvalue weighted by Gasteiger charge is 2.15. The molecule has 0 radical (unpaired) electrons. The molecule has 1 aromatic carbocycles. The highest BCUT2D eigenvalue weighted by Crippen LogP contribution is 2.13. The first-order chi connectivity index (χ1) is 9.06. The molecule has 0 aliphatic heterocycles. The van der Waals surface area contributed by atoms with E-state index in [1.165, 1.54) is 6.08 Å². The number of aliphatic hydroxyl groups excluding tert-OH is 1. The molecule has 0 fully saturated rings. The average Bonchev–Trinajstić information content (AvgIpc) is 2.38. The molecule has 0 heterocycles. The highest BCUT2D eigenvalue weighted by molar-refractivity contribution is 9.10. The summed E-state index contributed by atoms with van der Waals surface area (Å²) in [7, 11) is 0. The van der Waals surface area contributed by atoms with Crippen LogP contribution in [-0.2, 0) is 4.79 Å². The summed E-state index contributed by atoms with van der Waals surface area (Å²) in [5, 5.41) is 12.0. The molecule has 0 aromatic heterocycles. The number of thioether (sulfide) groups is 1. The van der Waals surface area contributed by atoms with Gasteiger partial charge in [0.15, 0.2) is 0 Å². The molecule has 2 atom stereocenters. The Morgan fingerprint density at radius 1 is 1.58 bits per heavy atom. The second-order valence-corrected chi connectivity index (χ2v) is 6.13. The van der Waals surface area contributed by atoms with E-state index < -0.39 is 0 Å². The van der Waals surface area contributed by atoms with Gasteiger partial charge in [-0.2, -0.15) is 11.8 Å². The zero-order chi connectivity index (χ0) is 14.3. The van der Waals surface area contributed by atoms with Gasteiger partial charge in [-0.25, -0.2) is 0 Å². The first-order valence-electron chi connectivity index (χ1n) is 5.94. The largest absolute Gasteiger partial charge is 0.395 e. The van der Waals surface area contributed by atoms with Gasteiger partial charge >= 0.3 is 0 Å². The van der Waals surface area contributed by atoms with Crippen molar-refractivity contribution in [1.29, 1.82) is 0 Å². The summed E-state index contributed by atoms with van der Waals surface area (Å²) in [6.07, 6.45) is 5.19. The predicted octanol–water partition coefficient (Wildman–Crippen LogP) is 2.69. The molecule has 0 bridgehead atoms. The van der Waals surface area contributed by atoms with Gasteiger partial charge in [-0.3, -0.25) is 4.79 Å². The van der Waals surface area contributed by atoms with Crippen molar-refractivity contribution in [3.8, 4) is 0 Å². The van der Waals surface area contributed by atoms with Crippen molar-refractivity contribution in [3.63, 3.8) is 0 Å². The van der Waals surface area contributed by atoms with Crippen molar-refractivity contribution in [1.82, 2.24) is 5.32 Å². The fourth-order valence-electron chi connectivity index (χ4n) is 1.58. The first-order valence-corrected chi connectivity index (χ1v) is 8.02. The molecule has 0 saturated carbocycles. The van der Waals surface area contributed by atoms with Crippen LogP contribution in [0.5, 0.6) is 0 Å². The number of hydrogen-bond acceptors (Lipinski definition) is 3. The average molecular weight is 344 g/mol. The minimum Gasteiger partial charge on any atom is -0.395 e. The summed E-state index contributed by atoms with van der Waals surface area (Å²) in [6, 6.07) is 7.64. The number of hydrogen-bond donors (Lipinski definition) is 2. The standard InChI is InChI=1S/C14H18BrNO2S/c1-10(13(9-17)19-2)16-14(18)7-6-11-4-3-5-12(15)8-11/h3-8,10,13,17H,9H2,1-2H3,(H,16,18)/b7-6+. The van der Waals surface area contributed by atoms with Crippen LogP contribution in [0.3, 0.4) is 0 Å². The Bertz CT molecular complexity index is 447. The molecule has 104 valence electrons. The van der Waals surface area contributed by atoms with Gasteiger partial charge in [0.05, 0.1) is 6.61 Å². The van der Waals surface area contributed by atoms with Gasteiger partial charge in [0.25, 0.3) is 0 Å². The van der Waals surface area contributed by atoms with Crippen molar-refractivity contribution >= 4 is 39.7 Å². The summed E-state index contributed by atoms with van der Waals surface area (Å²) in [5.41, 5.74) is 0.959. The van der Waals surface area contributed by atoms with E-state index in [4.69, 9.17) is 5.11 Å². The maximum Gasteiger partial charge on any atom is 0.244 e.